The molecule has 5 nitrogen and oxygen atoms in total. The zero-order chi connectivity index (χ0) is 13.0. The van der Waals surface area contributed by atoms with Crippen molar-refractivity contribution in [1.82, 2.24) is 10.2 Å². The van der Waals surface area contributed by atoms with Gasteiger partial charge in [0, 0.05) is 26.1 Å². The first-order valence-electron chi connectivity index (χ1n) is 6.03. The van der Waals surface area contributed by atoms with Crippen LogP contribution in [0.15, 0.2) is 24.3 Å². The first kappa shape index (κ1) is 12.6. The van der Waals surface area contributed by atoms with Gasteiger partial charge in [-0.05, 0) is 17.5 Å². The molecule has 0 fully saturated rings. The van der Waals surface area contributed by atoms with E-state index in [-0.39, 0.29) is 5.91 Å². The fraction of sp³-hybridized carbons (Fsp3) is 0.385. The number of hydrogen-bond acceptors (Lipinski definition) is 3. The van der Waals surface area contributed by atoms with E-state index in [0.717, 1.165) is 19.5 Å². The number of nitrogens with two attached hydrogens (primary N) is 1. The molecule has 96 valence electrons. The molecule has 3 N–H and O–H groups in total. The Balaban J connectivity index is 1.83. The predicted molar refractivity (Wildman–Crippen MR) is 67.8 cm³/mol. The van der Waals surface area contributed by atoms with Crippen LogP contribution in [0.1, 0.15) is 17.5 Å². The highest BCUT2D eigenvalue weighted by Gasteiger charge is 2.16. The molecule has 3 amide bonds. The van der Waals surface area contributed by atoms with Crippen molar-refractivity contribution >= 4 is 11.9 Å². The van der Waals surface area contributed by atoms with Gasteiger partial charge in [-0.15, -0.1) is 0 Å². The molecule has 1 heterocycles. The summed E-state index contributed by atoms with van der Waals surface area (Å²) in [6.07, 6.45) is 1.30. The summed E-state index contributed by atoms with van der Waals surface area (Å²) in [5.74, 6) is -0.318. The van der Waals surface area contributed by atoms with Crippen LogP contribution in [0.25, 0.3) is 0 Å². The second-order valence-electron chi connectivity index (χ2n) is 4.46. The maximum Gasteiger partial charge on any atom is 0.318 e. The number of fused-ring (bicyclic) bond motifs is 1. The number of urea groups is 1. The standard InChI is InChI=1S/C13H17N3O2/c14-13(18)15-12(17)6-8-16-7-5-10-3-1-2-4-11(10)9-16/h1-4H,5-9H2,(H3,14,15,17,18). The van der Waals surface area contributed by atoms with Crippen LogP contribution in [0.5, 0.6) is 0 Å². The molecular formula is C13H17N3O2. The third-order valence-corrected chi connectivity index (χ3v) is 3.13. The fourth-order valence-electron chi connectivity index (χ4n) is 2.20. The summed E-state index contributed by atoms with van der Waals surface area (Å²) in [6, 6.07) is 7.55. The number of rotatable bonds is 3. The number of carbonyl (C=O) groups excluding carboxylic acids is 2. The molecule has 0 bridgehead atoms. The Morgan fingerprint density at radius 1 is 1.28 bits per heavy atom. The number of carbonyl (C=O) groups is 2. The Kier molecular flexibility index (Phi) is 3.94. The van der Waals surface area contributed by atoms with E-state index in [9.17, 15) is 9.59 Å². The van der Waals surface area contributed by atoms with Gasteiger partial charge >= 0.3 is 6.03 Å². The van der Waals surface area contributed by atoms with Crippen LogP contribution < -0.4 is 11.1 Å². The summed E-state index contributed by atoms with van der Waals surface area (Å²) in [4.78, 5) is 24.0. The first-order valence-corrected chi connectivity index (χ1v) is 6.03. The van der Waals surface area contributed by atoms with Crippen molar-refractivity contribution in [2.24, 2.45) is 5.73 Å². The molecule has 1 aliphatic rings. The molecule has 1 aromatic rings. The molecule has 0 atom stereocenters. The minimum absolute atomic E-state index is 0.297. The molecule has 0 aromatic heterocycles. The monoisotopic (exact) mass is 247 g/mol. The first-order chi connectivity index (χ1) is 8.65. The molecule has 2 rings (SSSR count). The molecule has 0 unspecified atom stereocenters. The number of hydrogen-bond donors (Lipinski definition) is 2. The van der Waals surface area contributed by atoms with Crippen molar-refractivity contribution < 1.29 is 9.59 Å². The van der Waals surface area contributed by atoms with Gasteiger partial charge in [0.05, 0.1) is 0 Å². The Labute approximate surface area is 106 Å². The second kappa shape index (κ2) is 5.64. The molecule has 0 saturated heterocycles. The third kappa shape index (κ3) is 3.30. The highest BCUT2D eigenvalue weighted by atomic mass is 16.2. The van der Waals surface area contributed by atoms with Crippen molar-refractivity contribution in [3.8, 4) is 0 Å². The van der Waals surface area contributed by atoms with Crippen molar-refractivity contribution in [2.45, 2.75) is 19.4 Å². The van der Waals surface area contributed by atoms with Crippen molar-refractivity contribution in [3.05, 3.63) is 35.4 Å². The number of nitrogens with one attached hydrogen (secondary N) is 1. The molecule has 1 aromatic carbocycles. The van der Waals surface area contributed by atoms with E-state index >= 15 is 0 Å². The lowest BCUT2D eigenvalue weighted by Crippen LogP contribution is -2.38. The summed E-state index contributed by atoms with van der Waals surface area (Å²) in [7, 11) is 0. The predicted octanol–water partition coefficient (Wildman–Crippen LogP) is 0.630. The normalized spacial score (nSPS) is 14.9. The SMILES string of the molecule is NC(=O)NC(=O)CCN1CCc2ccccc2C1. The van der Waals surface area contributed by atoms with Gasteiger partial charge in [0.2, 0.25) is 5.91 Å². The highest BCUT2D eigenvalue weighted by Crippen LogP contribution is 2.18. The highest BCUT2D eigenvalue weighted by molar-refractivity contribution is 5.93. The molecule has 1 aliphatic heterocycles. The smallest absolute Gasteiger partial charge is 0.318 e. The molecular weight excluding hydrogens is 230 g/mol. The zero-order valence-electron chi connectivity index (χ0n) is 10.2. The van der Waals surface area contributed by atoms with Crippen molar-refractivity contribution in [1.29, 1.82) is 0 Å². The summed E-state index contributed by atoms with van der Waals surface area (Å²) in [6.45, 7) is 2.45. The second-order valence-corrected chi connectivity index (χ2v) is 4.46. The molecule has 0 spiro atoms. The summed E-state index contributed by atoms with van der Waals surface area (Å²) in [5.41, 5.74) is 7.58. The van der Waals surface area contributed by atoms with Gasteiger partial charge in [-0.2, -0.15) is 0 Å². The lowest BCUT2D eigenvalue weighted by molar-refractivity contribution is -0.120. The van der Waals surface area contributed by atoms with Crippen molar-refractivity contribution in [3.63, 3.8) is 0 Å². The van der Waals surface area contributed by atoms with Crippen LogP contribution in [0.2, 0.25) is 0 Å². The van der Waals surface area contributed by atoms with Gasteiger partial charge in [-0.3, -0.25) is 15.0 Å². The summed E-state index contributed by atoms with van der Waals surface area (Å²) in [5, 5.41) is 2.07. The molecule has 0 radical (unpaired) electrons. The Hall–Kier alpha value is -1.88. The largest absolute Gasteiger partial charge is 0.351 e. The number of primary amides is 1. The van der Waals surface area contributed by atoms with Crippen LogP contribution in [0.4, 0.5) is 4.79 Å². The van der Waals surface area contributed by atoms with Gasteiger partial charge in [0.25, 0.3) is 0 Å². The number of nitrogens with zero attached hydrogens (tertiary/aromatic N) is 1. The number of amides is 3. The minimum Gasteiger partial charge on any atom is -0.351 e. The molecule has 5 heteroatoms. The van der Waals surface area contributed by atoms with Gasteiger partial charge in [-0.1, -0.05) is 24.3 Å². The van der Waals surface area contributed by atoms with E-state index < -0.39 is 6.03 Å². The number of imide groups is 1. The maximum atomic E-state index is 11.3. The van der Waals surface area contributed by atoms with E-state index in [4.69, 9.17) is 5.73 Å². The van der Waals surface area contributed by atoms with Crippen LogP contribution in [-0.2, 0) is 17.8 Å². The van der Waals surface area contributed by atoms with Crippen LogP contribution >= 0.6 is 0 Å². The number of benzene rings is 1. The van der Waals surface area contributed by atoms with Crippen LogP contribution in [-0.4, -0.2) is 29.9 Å². The van der Waals surface area contributed by atoms with E-state index in [0.29, 0.717) is 13.0 Å². The topological polar surface area (TPSA) is 75.4 Å². The van der Waals surface area contributed by atoms with E-state index in [1.54, 1.807) is 0 Å². The van der Waals surface area contributed by atoms with Crippen LogP contribution in [0, 0.1) is 0 Å². The zero-order valence-corrected chi connectivity index (χ0v) is 10.2. The lowest BCUT2D eigenvalue weighted by atomic mass is 10.00. The third-order valence-electron chi connectivity index (χ3n) is 3.13. The quantitative estimate of drug-likeness (QED) is 0.822. The maximum absolute atomic E-state index is 11.3. The van der Waals surface area contributed by atoms with E-state index in [1.165, 1.54) is 11.1 Å². The van der Waals surface area contributed by atoms with Gasteiger partial charge in [0.15, 0.2) is 0 Å². The van der Waals surface area contributed by atoms with Gasteiger partial charge in [0.1, 0.15) is 0 Å². The Bertz CT molecular complexity index is 459. The van der Waals surface area contributed by atoms with Crippen molar-refractivity contribution in [2.75, 3.05) is 13.1 Å². The average Bonchev–Trinajstić information content (AvgIpc) is 2.35. The van der Waals surface area contributed by atoms with E-state index in [2.05, 4.69) is 28.4 Å². The Morgan fingerprint density at radius 2 is 2.00 bits per heavy atom. The van der Waals surface area contributed by atoms with Gasteiger partial charge < -0.3 is 5.73 Å². The van der Waals surface area contributed by atoms with E-state index in [1.807, 2.05) is 6.07 Å². The average molecular weight is 247 g/mol. The van der Waals surface area contributed by atoms with Gasteiger partial charge in [-0.25, -0.2) is 4.79 Å². The summed E-state index contributed by atoms with van der Waals surface area (Å²) >= 11 is 0. The van der Waals surface area contributed by atoms with Crippen LogP contribution in [0.3, 0.4) is 0 Å². The Morgan fingerprint density at radius 3 is 2.72 bits per heavy atom. The molecule has 18 heavy (non-hydrogen) atoms. The molecule has 0 aliphatic carbocycles. The minimum atomic E-state index is -0.788. The fourth-order valence-corrected chi connectivity index (χ4v) is 2.20. The molecule has 0 saturated carbocycles. The summed E-state index contributed by atoms with van der Waals surface area (Å²) < 4.78 is 0. The lowest BCUT2D eigenvalue weighted by Gasteiger charge is -2.28.